The summed E-state index contributed by atoms with van der Waals surface area (Å²) in [5, 5.41) is 16.0. The lowest BCUT2D eigenvalue weighted by atomic mass is 10.2. The summed E-state index contributed by atoms with van der Waals surface area (Å²) in [6.07, 6.45) is 0. The molecule has 2 aromatic rings. The first-order chi connectivity index (χ1) is 10.5. The van der Waals surface area contributed by atoms with E-state index in [9.17, 15) is 14.9 Å². The van der Waals surface area contributed by atoms with Gasteiger partial charge in [0.1, 0.15) is 0 Å². The Kier molecular flexibility index (Phi) is 5.18. The van der Waals surface area contributed by atoms with E-state index in [2.05, 4.69) is 26.6 Å². The fourth-order valence-corrected chi connectivity index (χ4v) is 2.32. The molecule has 0 atom stereocenters. The second-order valence-electron chi connectivity index (χ2n) is 4.19. The third-order valence-electron chi connectivity index (χ3n) is 2.68. The Morgan fingerprint density at radius 1 is 1.14 bits per heavy atom. The largest absolute Gasteiger partial charge is 0.332 e. The molecule has 2 N–H and O–H groups in total. The highest BCUT2D eigenvalue weighted by Gasteiger charge is 2.11. The van der Waals surface area contributed by atoms with Crippen LogP contribution in [0.15, 0.2) is 53.0 Å². The van der Waals surface area contributed by atoms with Gasteiger partial charge in [-0.1, -0.05) is 12.1 Å². The maximum absolute atomic E-state index is 12.1. The second-order valence-corrected chi connectivity index (χ2v) is 5.45. The highest BCUT2D eigenvalue weighted by molar-refractivity contribution is 9.10. The number of nitrogens with one attached hydrogen (secondary N) is 2. The third-order valence-corrected chi connectivity index (χ3v) is 3.58. The van der Waals surface area contributed by atoms with Crippen LogP contribution in [-0.4, -0.2) is 15.9 Å². The van der Waals surface area contributed by atoms with Crippen molar-refractivity contribution in [3.8, 4) is 0 Å². The van der Waals surface area contributed by atoms with Crippen molar-refractivity contribution in [1.29, 1.82) is 0 Å². The van der Waals surface area contributed by atoms with Crippen LogP contribution < -0.4 is 10.6 Å². The van der Waals surface area contributed by atoms with Gasteiger partial charge in [-0.05, 0) is 52.4 Å². The van der Waals surface area contributed by atoms with Crippen molar-refractivity contribution in [2.45, 2.75) is 0 Å². The quantitative estimate of drug-likeness (QED) is 0.484. The van der Waals surface area contributed by atoms with Crippen molar-refractivity contribution in [2.24, 2.45) is 0 Å². The molecular formula is C14H10BrN3O3S. The van der Waals surface area contributed by atoms with Crippen LogP contribution in [0.25, 0.3) is 0 Å². The molecule has 0 radical (unpaired) electrons. The highest BCUT2D eigenvalue weighted by Crippen LogP contribution is 2.17. The number of carbonyl (C=O) groups is 1. The molecule has 0 aromatic heterocycles. The van der Waals surface area contributed by atoms with E-state index in [4.69, 9.17) is 12.2 Å². The van der Waals surface area contributed by atoms with E-state index in [1.807, 2.05) is 0 Å². The van der Waals surface area contributed by atoms with E-state index in [0.717, 1.165) is 0 Å². The number of benzene rings is 2. The van der Waals surface area contributed by atoms with Gasteiger partial charge >= 0.3 is 0 Å². The van der Waals surface area contributed by atoms with Crippen molar-refractivity contribution >= 4 is 50.5 Å². The minimum Gasteiger partial charge on any atom is -0.332 e. The van der Waals surface area contributed by atoms with Crippen molar-refractivity contribution < 1.29 is 9.72 Å². The van der Waals surface area contributed by atoms with Gasteiger partial charge in [0.15, 0.2) is 5.11 Å². The van der Waals surface area contributed by atoms with Crippen molar-refractivity contribution in [2.75, 3.05) is 5.32 Å². The topological polar surface area (TPSA) is 84.3 Å². The molecule has 2 aromatic carbocycles. The van der Waals surface area contributed by atoms with Crippen LogP contribution in [0, 0.1) is 10.1 Å². The Morgan fingerprint density at radius 3 is 2.36 bits per heavy atom. The lowest BCUT2D eigenvalue weighted by Crippen LogP contribution is -2.34. The first-order valence-electron chi connectivity index (χ1n) is 6.08. The van der Waals surface area contributed by atoms with Crippen LogP contribution in [0.4, 0.5) is 11.4 Å². The van der Waals surface area contributed by atoms with Crippen molar-refractivity contribution in [3.05, 3.63) is 68.7 Å². The number of carbonyl (C=O) groups excluding carboxylic acids is 1. The number of rotatable bonds is 3. The number of anilines is 1. The summed E-state index contributed by atoms with van der Waals surface area (Å²) >= 11 is 8.33. The van der Waals surface area contributed by atoms with Gasteiger partial charge in [0, 0.05) is 22.3 Å². The molecule has 112 valence electrons. The number of nitro groups is 1. The zero-order valence-electron chi connectivity index (χ0n) is 11.1. The Hall–Kier alpha value is -2.32. The van der Waals surface area contributed by atoms with Crippen molar-refractivity contribution in [3.63, 3.8) is 0 Å². The van der Waals surface area contributed by atoms with Crippen LogP contribution in [-0.2, 0) is 0 Å². The third kappa shape index (κ3) is 4.09. The molecule has 0 aliphatic heterocycles. The van der Waals surface area contributed by atoms with E-state index in [0.29, 0.717) is 15.7 Å². The summed E-state index contributed by atoms with van der Waals surface area (Å²) in [5.41, 5.74) is 0.979. The Balaban J connectivity index is 1.99. The van der Waals surface area contributed by atoms with Crippen LogP contribution in [0.3, 0.4) is 0 Å². The second kappa shape index (κ2) is 7.10. The molecular weight excluding hydrogens is 370 g/mol. The molecule has 8 heteroatoms. The van der Waals surface area contributed by atoms with Gasteiger partial charge in [0.2, 0.25) is 0 Å². The monoisotopic (exact) mass is 379 g/mol. The molecule has 1 amide bonds. The number of non-ortho nitro benzene ring substituents is 1. The molecule has 22 heavy (non-hydrogen) atoms. The first kappa shape index (κ1) is 16.1. The Labute approximate surface area is 139 Å². The summed E-state index contributed by atoms with van der Waals surface area (Å²) in [6.45, 7) is 0. The van der Waals surface area contributed by atoms with Gasteiger partial charge in [-0.2, -0.15) is 0 Å². The van der Waals surface area contributed by atoms with Crippen LogP contribution in [0.1, 0.15) is 10.4 Å². The van der Waals surface area contributed by atoms with E-state index in [1.165, 1.54) is 24.3 Å². The zero-order chi connectivity index (χ0) is 16.1. The number of nitro benzene ring substituents is 1. The average molecular weight is 380 g/mol. The molecule has 0 unspecified atom stereocenters. The smallest absolute Gasteiger partial charge is 0.269 e. The standard InChI is InChI=1S/C14H10BrN3O3S/c15-12-4-2-1-3-11(12)13(19)17-14(22)16-9-5-7-10(8-6-9)18(20)21/h1-8H,(H2,16,17,19,22). The van der Waals surface area contributed by atoms with Gasteiger partial charge in [-0.25, -0.2) is 0 Å². The summed E-state index contributed by atoms with van der Waals surface area (Å²) in [4.78, 5) is 22.1. The summed E-state index contributed by atoms with van der Waals surface area (Å²) in [5.74, 6) is -0.355. The summed E-state index contributed by atoms with van der Waals surface area (Å²) in [6, 6.07) is 12.7. The average Bonchev–Trinajstić information content (AvgIpc) is 2.48. The molecule has 0 spiro atoms. The number of nitrogens with zero attached hydrogens (tertiary/aromatic N) is 1. The molecule has 0 bridgehead atoms. The fourth-order valence-electron chi connectivity index (χ4n) is 1.64. The Bertz CT molecular complexity index is 734. The van der Waals surface area contributed by atoms with Crippen LogP contribution in [0.2, 0.25) is 0 Å². The first-order valence-corrected chi connectivity index (χ1v) is 7.29. The summed E-state index contributed by atoms with van der Waals surface area (Å²) in [7, 11) is 0. The van der Waals surface area contributed by atoms with Gasteiger partial charge in [0.05, 0.1) is 10.5 Å². The highest BCUT2D eigenvalue weighted by atomic mass is 79.9. The molecule has 0 saturated heterocycles. The number of thiocarbonyl (C=S) groups is 1. The molecule has 6 nitrogen and oxygen atoms in total. The fraction of sp³-hybridized carbons (Fsp3) is 0. The minimum absolute atomic E-state index is 0.0197. The molecule has 0 fully saturated rings. The number of amides is 1. The van der Waals surface area contributed by atoms with Gasteiger partial charge in [-0.3, -0.25) is 20.2 Å². The predicted molar refractivity (Wildman–Crippen MR) is 90.9 cm³/mol. The number of hydrogen-bond acceptors (Lipinski definition) is 4. The molecule has 0 aliphatic rings. The molecule has 0 aliphatic carbocycles. The molecule has 2 rings (SSSR count). The lowest BCUT2D eigenvalue weighted by molar-refractivity contribution is -0.384. The maximum atomic E-state index is 12.1. The molecule has 0 saturated carbocycles. The van der Waals surface area contributed by atoms with Gasteiger partial charge in [-0.15, -0.1) is 0 Å². The van der Waals surface area contributed by atoms with Crippen LogP contribution >= 0.6 is 28.1 Å². The minimum atomic E-state index is -0.489. The van der Waals surface area contributed by atoms with E-state index in [1.54, 1.807) is 24.3 Å². The van der Waals surface area contributed by atoms with Crippen molar-refractivity contribution in [1.82, 2.24) is 5.32 Å². The Morgan fingerprint density at radius 2 is 1.77 bits per heavy atom. The SMILES string of the molecule is O=C(NC(=S)Nc1ccc([N+](=O)[O-])cc1)c1ccccc1Br. The van der Waals surface area contributed by atoms with E-state index >= 15 is 0 Å². The zero-order valence-corrected chi connectivity index (χ0v) is 13.5. The number of hydrogen-bond donors (Lipinski definition) is 2. The van der Waals surface area contributed by atoms with Gasteiger partial charge < -0.3 is 5.32 Å². The predicted octanol–water partition coefficient (Wildman–Crippen LogP) is 3.48. The maximum Gasteiger partial charge on any atom is 0.269 e. The number of halogens is 1. The molecule has 0 heterocycles. The lowest BCUT2D eigenvalue weighted by Gasteiger charge is -2.10. The normalized spacial score (nSPS) is 9.86. The van der Waals surface area contributed by atoms with E-state index in [-0.39, 0.29) is 16.7 Å². The van der Waals surface area contributed by atoms with E-state index < -0.39 is 4.92 Å². The summed E-state index contributed by atoms with van der Waals surface area (Å²) < 4.78 is 0.658. The van der Waals surface area contributed by atoms with Crippen LogP contribution in [0.5, 0.6) is 0 Å². The van der Waals surface area contributed by atoms with Gasteiger partial charge in [0.25, 0.3) is 11.6 Å².